The first-order valence-electron chi connectivity index (χ1n) is 6.08. The van der Waals surface area contributed by atoms with Crippen molar-refractivity contribution in [1.82, 2.24) is 0 Å². The monoisotopic (exact) mass is 306 g/mol. The maximum Gasteiger partial charge on any atom is 0.153 e. The second-order valence-corrected chi connectivity index (χ2v) is 7.83. The molecular formula is C13H16ClFO3S. The smallest absolute Gasteiger partial charge is 0.153 e. The molecular weight excluding hydrogens is 291 g/mol. The van der Waals surface area contributed by atoms with Gasteiger partial charge in [-0.2, -0.15) is 0 Å². The van der Waals surface area contributed by atoms with Crippen LogP contribution in [0.5, 0.6) is 0 Å². The average molecular weight is 307 g/mol. The molecule has 106 valence electrons. The zero-order valence-electron chi connectivity index (χ0n) is 10.6. The van der Waals surface area contributed by atoms with Crippen LogP contribution in [-0.4, -0.2) is 30.6 Å². The van der Waals surface area contributed by atoms with Crippen LogP contribution < -0.4 is 0 Å². The third kappa shape index (κ3) is 2.93. The number of aliphatic hydroxyl groups is 1. The Morgan fingerprint density at radius 2 is 2.21 bits per heavy atom. The quantitative estimate of drug-likeness (QED) is 0.932. The SMILES string of the molecule is CS(=O)(=O)C1CCCC1(O)Cc1c(F)cccc1Cl. The van der Waals surface area contributed by atoms with Crippen molar-refractivity contribution in [3.05, 3.63) is 34.6 Å². The van der Waals surface area contributed by atoms with Crippen molar-refractivity contribution in [3.8, 4) is 0 Å². The molecule has 2 unspecified atom stereocenters. The van der Waals surface area contributed by atoms with Gasteiger partial charge >= 0.3 is 0 Å². The molecule has 0 aromatic heterocycles. The Balaban J connectivity index is 2.36. The molecule has 3 nitrogen and oxygen atoms in total. The summed E-state index contributed by atoms with van der Waals surface area (Å²) in [4.78, 5) is 0. The molecule has 1 N–H and O–H groups in total. The van der Waals surface area contributed by atoms with Crippen LogP contribution in [0, 0.1) is 5.82 Å². The second kappa shape index (κ2) is 5.04. The molecule has 2 rings (SSSR count). The highest BCUT2D eigenvalue weighted by atomic mass is 35.5. The van der Waals surface area contributed by atoms with Crippen LogP contribution in [-0.2, 0) is 16.3 Å². The summed E-state index contributed by atoms with van der Waals surface area (Å²) in [7, 11) is -3.37. The zero-order valence-corrected chi connectivity index (χ0v) is 12.1. The normalized spacial score (nSPS) is 27.7. The minimum absolute atomic E-state index is 0.0732. The van der Waals surface area contributed by atoms with Gasteiger partial charge in [-0.05, 0) is 31.4 Å². The van der Waals surface area contributed by atoms with Gasteiger partial charge in [-0.1, -0.05) is 17.7 Å². The van der Waals surface area contributed by atoms with Crippen molar-refractivity contribution in [2.24, 2.45) is 0 Å². The molecule has 0 spiro atoms. The van der Waals surface area contributed by atoms with E-state index in [1.807, 2.05) is 0 Å². The fourth-order valence-corrected chi connectivity index (χ4v) is 4.67. The lowest BCUT2D eigenvalue weighted by Crippen LogP contribution is -2.44. The Hall–Kier alpha value is -0.650. The lowest BCUT2D eigenvalue weighted by molar-refractivity contribution is 0.0504. The highest BCUT2D eigenvalue weighted by molar-refractivity contribution is 7.91. The van der Waals surface area contributed by atoms with Gasteiger partial charge in [0.15, 0.2) is 9.84 Å². The number of hydrogen-bond acceptors (Lipinski definition) is 3. The number of sulfone groups is 1. The molecule has 0 amide bonds. The van der Waals surface area contributed by atoms with E-state index in [0.29, 0.717) is 19.3 Å². The predicted octanol–water partition coefficient (Wildman–Crippen LogP) is 2.35. The van der Waals surface area contributed by atoms with Gasteiger partial charge in [-0.3, -0.25) is 0 Å². The van der Waals surface area contributed by atoms with Crippen LogP contribution in [0.4, 0.5) is 4.39 Å². The Kier molecular flexibility index (Phi) is 3.91. The van der Waals surface area contributed by atoms with Gasteiger partial charge in [0, 0.05) is 23.3 Å². The topological polar surface area (TPSA) is 54.4 Å². The minimum Gasteiger partial charge on any atom is -0.388 e. The van der Waals surface area contributed by atoms with Gasteiger partial charge in [-0.25, -0.2) is 12.8 Å². The van der Waals surface area contributed by atoms with E-state index in [1.54, 1.807) is 0 Å². The van der Waals surface area contributed by atoms with E-state index in [1.165, 1.54) is 18.2 Å². The van der Waals surface area contributed by atoms with Gasteiger partial charge in [0.25, 0.3) is 0 Å². The number of hydrogen-bond donors (Lipinski definition) is 1. The predicted molar refractivity (Wildman–Crippen MR) is 72.5 cm³/mol. The van der Waals surface area contributed by atoms with Gasteiger partial charge in [0.1, 0.15) is 5.82 Å². The van der Waals surface area contributed by atoms with Crippen molar-refractivity contribution >= 4 is 21.4 Å². The van der Waals surface area contributed by atoms with Gasteiger partial charge < -0.3 is 5.11 Å². The Labute approximate surface area is 117 Å². The van der Waals surface area contributed by atoms with E-state index >= 15 is 0 Å². The molecule has 0 bridgehead atoms. The van der Waals surface area contributed by atoms with Crippen LogP contribution in [0.25, 0.3) is 0 Å². The van der Waals surface area contributed by atoms with Crippen LogP contribution >= 0.6 is 11.6 Å². The molecule has 6 heteroatoms. The molecule has 19 heavy (non-hydrogen) atoms. The lowest BCUT2D eigenvalue weighted by atomic mass is 9.92. The Morgan fingerprint density at radius 1 is 1.53 bits per heavy atom. The first-order valence-corrected chi connectivity index (χ1v) is 8.41. The molecule has 0 saturated heterocycles. The van der Waals surface area contributed by atoms with Crippen molar-refractivity contribution < 1.29 is 17.9 Å². The van der Waals surface area contributed by atoms with E-state index in [2.05, 4.69) is 0 Å². The van der Waals surface area contributed by atoms with E-state index in [0.717, 1.165) is 6.26 Å². The van der Waals surface area contributed by atoms with Crippen LogP contribution in [0.2, 0.25) is 5.02 Å². The summed E-state index contributed by atoms with van der Waals surface area (Å²) in [5.41, 5.74) is -1.25. The van der Waals surface area contributed by atoms with Crippen LogP contribution in [0.15, 0.2) is 18.2 Å². The van der Waals surface area contributed by atoms with Crippen molar-refractivity contribution in [3.63, 3.8) is 0 Å². The van der Waals surface area contributed by atoms with Gasteiger partial charge in [0.05, 0.1) is 10.9 Å². The van der Waals surface area contributed by atoms with E-state index in [9.17, 15) is 17.9 Å². The summed E-state index contributed by atoms with van der Waals surface area (Å²) in [5, 5.41) is 9.95. The highest BCUT2D eigenvalue weighted by Gasteiger charge is 2.47. The fraction of sp³-hybridized carbons (Fsp3) is 0.538. The summed E-state index contributed by atoms with van der Waals surface area (Å²) in [6.07, 6.45) is 2.39. The number of benzene rings is 1. The molecule has 1 aliphatic carbocycles. The largest absolute Gasteiger partial charge is 0.388 e. The first kappa shape index (κ1) is 14.8. The maximum absolute atomic E-state index is 13.8. The van der Waals surface area contributed by atoms with Crippen LogP contribution in [0.3, 0.4) is 0 Å². The molecule has 2 atom stereocenters. The van der Waals surface area contributed by atoms with Crippen molar-refractivity contribution in [1.29, 1.82) is 0 Å². The standard InChI is InChI=1S/C13H16ClFO3S/c1-19(17,18)12-6-3-7-13(12,16)8-9-10(14)4-2-5-11(9)15/h2,4-5,12,16H,3,6-8H2,1H3. The third-order valence-electron chi connectivity index (χ3n) is 3.74. The number of rotatable bonds is 3. The minimum atomic E-state index is -3.37. The second-order valence-electron chi connectivity index (χ2n) is 5.19. The summed E-state index contributed by atoms with van der Waals surface area (Å²) in [6.45, 7) is 0. The average Bonchev–Trinajstić information content (AvgIpc) is 2.66. The van der Waals surface area contributed by atoms with Crippen molar-refractivity contribution in [2.75, 3.05) is 6.26 Å². The van der Waals surface area contributed by atoms with E-state index < -0.39 is 26.5 Å². The molecule has 1 fully saturated rings. The summed E-state index contributed by atoms with van der Waals surface area (Å²) >= 11 is 5.93. The van der Waals surface area contributed by atoms with Gasteiger partial charge in [0.2, 0.25) is 0 Å². The zero-order chi connectivity index (χ0) is 14.3. The van der Waals surface area contributed by atoms with Gasteiger partial charge in [-0.15, -0.1) is 0 Å². The molecule has 1 aromatic rings. The number of halogens is 2. The maximum atomic E-state index is 13.8. The molecule has 0 radical (unpaired) electrons. The summed E-state index contributed by atoms with van der Waals surface area (Å²) in [6, 6.07) is 4.27. The fourth-order valence-electron chi connectivity index (χ4n) is 2.85. The molecule has 1 aliphatic rings. The molecule has 0 heterocycles. The lowest BCUT2D eigenvalue weighted by Gasteiger charge is -2.29. The Bertz CT molecular complexity index is 567. The third-order valence-corrected chi connectivity index (χ3v) is 5.80. The first-order chi connectivity index (χ1) is 8.74. The van der Waals surface area contributed by atoms with E-state index in [4.69, 9.17) is 11.6 Å². The Morgan fingerprint density at radius 3 is 2.79 bits per heavy atom. The van der Waals surface area contributed by atoms with Crippen LogP contribution in [0.1, 0.15) is 24.8 Å². The van der Waals surface area contributed by atoms with E-state index in [-0.39, 0.29) is 17.0 Å². The summed E-state index contributed by atoms with van der Waals surface area (Å²) < 4.78 is 37.2. The molecule has 1 saturated carbocycles. The summed E-state index contributed by atoms with van der Waals surface area (Å²) in [5.74, 6) is -0.514. The highest BCUT2D eigenvalue weighted by Crippen LogP contribution is 2.38. The molecule has 0 aliphatic heterocycles. The van der Waals surface area contributed by atoms with Crippen molar-refractivity contribution in [2.45, 2.75) is 36.5 Å². The molecule has 1 aromatic carbocycles.